The van der Waals surface area contributed by atoms with E-state index in [0.717, 1.165) is 6.07 Å². The monoisotopic (exact) mass is 336 g/mol. The molecule has 6 nitrogen and oxygen atoms in total. The normalized spacial score (nSPS) is 11.8. The summed E-state index contributed by atoms with van der Waals surface area (Å²) in [6, 6.07) is 2.52. The lowest BCUT2D eigenvalue weighted by atomic mass is 10.1. The lowest BCUT2D eigenvalue weighted by Crippen LogP contribution is -2.36. The quantitative estimate of drug-likeness (QED) is 0.807. The Kier molecular flexibility index (Phi) is 4.49. The average Bonchev–Trinajstić information content (AvgIpc) is 2.19. The van der Waals surface area contributed by atoms with Gasteiger partial charge in [0.1, 0.15) is 0 Å². The first-order valence-corrected chi connectivity index (χ1v) is 7.16. The Hall–Kier alpha value is -0.960. The number of hydrazine groups is 1. The van der Waals surface area contributed by atoms with Gasteiger partial charge >= 0.3 is 5.97 Å². The first-order valence-electron chi connectivity index (χ1n) is 4.88. The van der Waals surface area contributed by atoms with E-state index in [4.69, 9.17) is 5.11 Å². The highest BCUT2D eigenvalue weighted by molar-refractivity contribution is 9.10. The van der Waals surface area contributed by atoms with Gasteiger partial charge in [-0.25, -0.2) is 18.2 Å². The molecular weight excluding hydrogens is 324 g/mol. The highest BCUT2D eigenvalue weighted by Gasteiger charge is 2.22. The number of benzene rings is 1. The van der Waals surface area contributed by atoms with Crippen LogP contribution in [-0.2, 0) is 10.0 Å². The molecule has 0 amide bonds. The van der Waals surface area contributed by atoms with Gasteiger partial charge in [0.05, 0.1) is 10.5 Å². The molecule has 1 aromatic rings. The van der Waals surface area contributed by atoms with Crippen molar-refractivity contribution in [1.29, 1.82) is 0 Å². The van der Waals surface area contributed by atoms with Crippen molar-refractivity contribution in [2.75, 3.05) is 14.1 Å². The van der Waals surface area contributed by atoms with Crippen molar-refractivity contribution in [2.45, 2.75) is 11.8 Å². The van der Waals surface area contributed by atoms with Gasteiger partial charge in [0.25, 0.3) is 10.0 Å². The smallest absolute Gasteiger partial charge is 0.335 e. The van der Waals surface area contributed by atoms with Gasteiger partial charge in [-0.15, -0.1) is 4.83 Å². The van der Waals surface area contributed by atoms with Crippen molar-refractivity contribution in [1.82, 2.24) is 9.84 Å². The third kappa shape index (κ3) is 3.29. The Balaban J connectivity index is 3.45. The van der Waals surface area contributed by atoms with Crippen LogP contribution < -0.4 is 4.83 Å². The molecular formula is C10H13BrN2O4S. The molecule has 0 saturated heterocycles. The average molecular weight is 337 g/mol. The number of carboxylic acid groups (broad SMARTS) is 1. The summed E-state index contributed by atoms with van der Waals surface area (Å²) in [5.74, 6) is -1.17. The largest absolute Gasteiger partial charge is 0.478 e. The van der Waals surface area contributed by atoms with Gasteiger partial charge < -0.3 is 5.11 Å². The summed E-state index contributed by atoms with van der Waals surface area (Å²) < 4.78 is 24.4. The molecule has 0 aliphatic carbocycles. The molecule has 0 aliphatic rings. The number of hydrogen-bond acceptors (Lipinski definition) is 4. The van der Waals surface area contributed by atoms with E-state index in [9.17, 15) is 13.2 Å². The fourth-order valence-corrected chi connectivity index (χ4v) is 3.47. The first-order chi connectivity index (χ1) is 8.15. The summed E-state index contributed by atoms with van der Waals surface area (Å²) in [6.45, 7) is 1.63. The molecule has 0 atom stereocenters. The van der Waals surface area contributed by atoms with Crippen LogP contribution in [-0.4, -0.2) is 38.6 Å². The summed E-state index contributed by atoms with van der Waals surface area (Å²) in [6.07, 6.45) is 0. The third-order valence-corrected chi connectivity index (χ3v) is 4.88. The van der Waals surface area contributed by atoms with E-state index in [-0.39, 0.29) is 10.5 Å². The molecule has 0 unspecified atom stereocenters. The SMILES string of the molecule is Cc1cc(C(=O)O)cc(S(=O)(=O)NN(C)C)c1Br. The van der Waals surface area contributed by atoms with Crippen molar-refractivity contribution < 1.29 is 18.3 Å². The number of aryl methyl sites for hydroxylation is 1. The van der Waals surface area contributed by atoms with E-state index in [1.165, 1.54) is 25.2 Å². The number of aromatic carboxylic acids is 1. The predicted octanol–water partition coefficient (Wildman–Crippen LogP) is 1.21. The zero-order valence-corrected chi connectivity index (χ0v) is 12.5. The summed E-state index contributed by atoms with van der Waals surface area (Å²) in [4.78, 5) is 13.1. The van der Waals surface area contributed by atoms with Crippen LogP contribution in [0.4, 0.5) is 0 Å². The van der Waals surface area contributed by atoms with Gasteiger partial charge in [0, 0.05) is 18.6 Å². The van der Waals surface area contributed by atoms with Gasteiger partial charge in [-0.3, -0.25) is 0 Å². The van der Waals surface area contributed by atoms with Crippen LogP contribution in [0.15, 0.2) is 21.5 Å². The predicted molar refractivity (Wildman–Crippen MR) is 69.8 cm³/mol. The number of nitrogens with zero attached hydrogens (tertiary/aromatic N) is 1. The number of halogens is 1. The number of sulfonamides is 1. The number of rotatable bonds is 4. The Labute approximate surface area is 114 Å². The van der Waals surface area contributed by atoms with Crippen LogP contribution in [0.1, 0.15) is 15.9 Å². The molecule has 1 rings (SSSR count). The van der Waals surface area contributed by atoms with Crippen LogP contribution in [0.2, 0.25) is 0 Å². The van der Waals surface area contributed by atoms with E-state index in [2.05, 4.69) is 20.8 Å². The van der Waals surface area contributed by atoms with E-state index < -0.39 is 16.0 Å². The highest BCUT2D eigenvalue weighted by atomic mass is 79.9. The van der Waals surface area contributed by atoms with Gasteiger partial charge in [-0.05, 0) is 40.5 Å². The molecule has 8 heteroatoms. The summed E-state index contributed by atoms with van der Waals surface area (Å²) in [5.41, 5.74) is 0.462. The van der Waals surface area contributed by atoms with Crippen molar-refractivity contribution in [3.63, 3.8) is 0 Å². The second kappa shape index (κ2) is 5.35. The molecule has 2 N–H and O–H groups in total. The molecule has 1 aromatic carbocycles. The van der Waals surface area contributed by atoms with E-state index in [1.807, 2.05) is 0 Å². The maximum absolute atomic E-state index is 12.0. The van der Waals surface area contributed by atoms with Gasteiger partial charge in [0.15, 0.2) is 0 Å². The molecule has 0 aliphatic heterocycles. The standard InChI is InChI=1S/C10H13BrN2O4S/c1-6-4-7(10(14)15)5-8(9(6)11)18(16,17)12-13(2)3/h4-5,12H,1-3H3,(H,14,15). The van der Waals surface area contributed by atoms with Crippen molar-refractivity contribution in [2.24, 2.45) is 0 Å². The Morgan fingerprint density at radius 3 is 2.39 bits per heavy atom. The highest BCUT2D eigenvalue weighted by Crippen LogP contribution is 2.27. The zero-order chi connectivity index (χ0) is 14.1. The van der Waals surface area contributed by atoms with E-state index in [0.29, 0.717) is 10.0 Å². The molecule has 0 bridgehead atoms. The molecule has 0 fully saturated rings. The second-order valence-electron chi connectivity index (χ2n) is 3.90. The zero-order valence-electron chi connectivity index (χ0n) is 10.1. The number of nitrogens with one attached hydrogen (secondary N) is 1. The first kappa shape index (κ1) is 15.1. The van der Waals surface area contributed by atoms with E-state index >= 15 is 0 Å². The molecule has 18 heavy (non-hydrogen) atoms. The van der Waals surface area contributed by atoms with Gasteiger partial charge in [0.2, 0.25) is 0 Å². The molecule has 0 radical (unpaired) electrons. The molecule has 100 valence electrons. The minimum absolute atomic E-state index is 0.0742. The summed E-state index contributed by atoms with van der Waals surface area (Å²) in [5, 5.41) is 10.2. The Morgan fingerprint density at radius 2 is 1.94 bits per heavy atom. The van der Waals surface area contributed by atoms with Gasteiger partial charge in [-0.2, -0.15) is 0 Å². The maximum atomic E-state index is 12.0. The minimum atomic E-state index is -3.80. The topological polar surface area (TPSA) is 86.7 Å². The van der Waals surface area contributed by atoms with Crippen molar-refractivity contribution >= 4 is 31.9 Å². The molecule has 0 heterocycles. The molecule has 0 aromatic heterocycles. The lowest BCUT2D eigenvalue weighted by molar-refractivity contribution is 0.0696. The minimum Gasteiger partial charge on any atom is -0.478 e. The number of carbonyl (C=O) groups is 1. The Morgan fingerprint density at radius 1 is 1.39 bits per heavy atom. The number of carboxylic acids is 1. The summed E-state index contributed by atoms with van der Waals surface area (Å²) >= 11 is 3.16. The maximum Gasteiger partial charge on any atom is 0.335 e. The number of hydrogen-bond donors (Lipinski definition) is 2. The third-order valence-electron chi connectivity index (χ3n) is 2.06. The van der Waals surface area contributed by atoms with Crippen LogP contribution in [0, 0.1) is 6.92 Å². The van der Waals surface area contributed by atoms with Crippen molar-refractivity contribution in [3.8, 4) is 0 Å². The van der Waals surface area contributed by atoms with Crippen LogP contribution in [0.3, 0.4) is 0 Å². The van der Waals surface area contributed by atoms with E-state index in [1.54, 1.807) is 6.92 Å². The van der Waals surface area contributed by atoms with Gasteiger partial charge in [-0.1, -0.05) is 0 Å². The molecule has 0 spiro atoms. The summed E-state index contributed by atoms with van der Waals surface area (Å²) in [7, 11) is -0.749. The lowest BCUT2D eigenvalue weighted by Gasteiger charge is -2.15. The second-order valence-corrected chi connectivity index (χ2v) is 6.32. The van der Waals surface area contributed by atoms with Crippen LogP contribution in [0.5, 0.6) is 0 Å². The fraction of sp³-hybridized carbons (Fsp3) is 0.300. The fourth-order valence-electron chi connectivity index (χ4n) is 1.35. The van der Waals surface area contributed by atoms with Crippen molar-refractivity contribution in [3.05, 3.63) is 27.7 Å². The molecule has 0 saturated carbocycles. The Bertz CT molecular complexity index is 584. The van der Waals surface area contributed by atoms with Crippen LogP contribution in [0.25, 0.3) is 0 Å². The van der Waals surface area contributed by atoms with Crippen LogP contribution >= 0.6 is 15.9 Å².